The van der Waals surface area contributed by atoms with Crippen LogP contribution in [0.5, 0.6) is 5.88 Å². The summed E-state index contributed by atoms with van der Waals surface area (Å²) in [5.41, 5.74) is 0.951. The molecule has 0 bridgehead atoms. The molecule has 1 aliphatic rings. The van der Waals surface area contributed by atoms with Crippen LogP contribution in [0.4, 0.5) is 0 Å². The molecule has 0 aromatic carbocycles. The van der Waals surface area contributed by atoms with Gasteiger partial charge >= 0.3 is 0 Å². The third kappa shape index (κ3) is 13.0. The number of hydrogen-bond donors (Lipinski definition) is 1. The summed E-state index contributed by atoms with van der Waals surface area (Å²) in [7, 11) is 1.63. The molecule has 1 saturated heterocycles. The Bertz CT molecular complexity index is 572. The van der Waals surface area contributed by atoms with Gasteiger partial charge < -0.3 is 10.1 Å². The first kappa shape index (κ1) is 36.8. The van der Waals surface area contributed by atoms with E-state index in [1.807, 2.05) is 39.0 Å². The second kappa shape index (κ2) is 17.1. The first-order valence-corrected chi connectivity index (χ1v) is 9.64. The van der Waals surface area contributed by atoms with Gasteiger partial charge in [-0.25, -0.2) is 4.98 Å². The molecule has 0 aliphatic carbocycles. The largest absolute Gasteiger partial charge is 0.481 e. The Morgan fingerprint density at radius 1 is 1.17 bits per heavy atom. The van der Waals surface area contributed by atoms with Crippen LogP contribution in [0.2, 0.25) is 0 Å². The zero-order valence-electron chi connectivity index (χ0n) is 18.4. The number of rotatable bonds is 4. The maximum Gasteiger partial charge on any atom is 0.237 e. The van der Waals surface area contributed by atoms with Crippen molar-refractivity contribution in [3.05, 3.63) is 23.9 Å². The summed E-state index contributed by atoms with van der Waals surface area (Å²) >= 11 is 0. The second-order valence-electron chi connectivity index (χ2n) is 8.49. The van der Waals surface area contributed by atoms with E-state index in [4.69, 9.17) is 4.74 Å². The molecule has 1 atom stereocenters. The Morgan fingerprint density at radius 2 is 1.73 bits per heavy atom. The Balaban J connectivity index is -0.000000205. The normalized spacial score (nSPS) is 15.5. The SMILES string of the molecule is C.C.C.CC(C)N1CCCC1C(=O)NC(C)(C)C.COc1cccc(C(C)C)n1.[Y]. The number of pyridine rings is 1. The first-order valence-electron chi connectivity index (χ1n) is 9.64. The van der Waals surface area contributed by atoms with Crippen LogP contribution in [-0.2, 0) is 37.5 Å². The minimum Gasteiger partial charge on any atom is -0.481 e. The summed E-state index contributed by atoms with van der Waals surface area (Å²) in [5.74, 6) is 1.34. The van der Waals surface area contributed by atoms with Gasteiger partial charge in [-0.3, -0.25) is 9.69 Å². The number of aromatic nitrogens is 1. The molecule has 6 heteroatoms. The number of carbonyl (C=O) groups excluding carboxylic acids is 1. The Kier molecular flexibility index (Phi) is 21.0. The number of likely N-dealkylation sites (tertiary alicyclic amines) is 1. The molecule has 1 unspecified atom stereocenters. The molecule has 1 N–H and O–H groups in total. The van der Waals surface area contributed by atoms with E-state index < -0.39 is 0 Å². The third-order valence-electron chi connectivity index (χ3n) is 4.30. The van der Waals surface area contributed by atoms with Crippen molar-refractivity contribution in [2.75, 3.05) is 13.7 Å². The van der Waals surface area contributed by atoms with E-state index in [1.165, 1.54) is 0 Å². The predicted molar refractivity (Wildman–Crippen MR) is 128 cm³/mol. The molecule has 1 aromatic heterocycles. The monoisotopic (exact) mass is 500 g/mol. The van der Waals surface area contributed by atoms with Gasteiger partial charge in [-0.05, 0) is 66.0 Å². The average molecular weight is 501 g/mol. The van der Waals surface area contributed by atoms with Gasteiger partial charge in [-0.2, -0.15) is 0 Å². The topological polar surface area (TPSA) is 54.5 Å². The molecule has 2 rings (SSSR count). The van der Waals surface area contributed by atoms with Gasteiger partial charge in [-0.1, -0.05) is 42.2 Å². The maximum absolute atomic E-state index is 12.0. The number of hydrogen-bond acceptors (Lipinski definition) is 4. The van der Waals surface area contributed by atoms with E-state index >= 15 is 0 Å². The van der Waals surface area contributed by atoms with Gasteiger partial charge in [0.05, 0.1) is 13.2 Å². The molecule has 1 radical (unpaired) electrons. The van der Waals surface area contributed by atoms with Crippen molar-refractivity contribution in [2.45, 2.75) is 107 Å². The first-order chi connectivity index (χ1) is 12.0. The standard InChI is InChI=1S/C12H24N2O.C9H13NO.3CH4.Y/c1-9(2)14-8-6-7-10(14)11(15)13-12(3,4)5;1-7(2)8-5-4-6-9(10-8)11-3;;;;/h9-10H,6-8H2,1-5H3,(H,13,15);4-7H,1-3H3;3*1H4;. The van der Waals surface area contributed by atoms with E-state index in [2.05, 4.69) is 42.9 Å². The van der Waals surface area contributed by atoms with E-state index in [9.17, 15) is 4.79 Å². The molecule has 1 aliphatic heterocycles. The van der Waals surface area contributed by atoms with Crippen molar-refractivity contribution in [2.24, 2.45) is 0 Å². The fraction of sp³-hybridized carbons (Fsp3) is 0.750. The molecule has 175 valence electrons. The molecular weight excluding hydrogens is 451 g/mol. The van der Waals surface area contributed by atoms with Crippen LogP contribution in [-0.4, -0.2) is 47.1 Å². The van der Waals surface area contributed by atoms with E-state index in [-0.39, 0.29) is 72.5 Å². The number of carbonyl (C=O) groups is 1. The van der Waals surface area contributed by atoms with Crippen molar-refractivity contribution < 1.29 is 42.2 Å². The summed E-state index contributed by atoms with van der Waals surface area (Å²) in [5, 5.41) is 3.07. The van der Waals surface area contributed by atoms with E-state index in [0.717, 1.165) is 25.1 Å². The third-order valence-corrected chi connectivity index (χ3v) is 4.30. The van der Waals surface area contributed by atoms with Crippen molar-refractivity contribution in [3.8, 4) is 5.88 Å². The molecule has 30 heavy (non-hydrogen) atoms. The number of ether oxygens (including phenoxy) is 1. The summed E-state index contributed by atoms with van der Waals surface area (Å²) in [6, 6.07) is 6.37. The predicted octanol–water partition coefficient (Wildman–Crippen LogP) is 5.89. The second-order valence-corrected chi connectivity index (χ2v) is 8.49. The molecule has 5 nitrogen and oxygen atoms in total. The molecule has 0 spiro atoms. The quantitative estimate of drug-likeness (QED) is 0.560. The van der Waals surface area contributed by atoms with Crippen LogP contribution in [0.25, 0.3) is 0 Å². The fourth-order valence-corrected chi connectivity index (χ4v) is 3.01. The van der Waals surface area contributed by atoms with Crippen LogP contribution in [0.1, 0.15) is 95.2 Å². The zero-order chi connectivity index (χ0) is 19.9. The molecule has 1 fully saturated rings. The van der Waals surface area contributed by atoms with Crippen molar-refractivity contribution >= 4 is 5.91 Å². The van der Waals surface area contributed by atoms with Gasteiger partial charge in [0, 0.05) is 56.1 Å². The number of nitrogens with zero attached hydrogens (tertiary/aromatic N) is 2. The van der Waals surface area contributed by atoms with Gasteiger partial charge in [0.1, 0.15) is 0 Å². The summed E-state index contributed by atoms with van der Waals surface area (Å²) in [6.45, 7) is 15.7. The number of nitrogens with one attached hydrogen (secondary N) is 1. The maximum atomic E-state index is 12.0. The van der Waals surface area contributed by atoms with Crippen LogP contribution < -0.4 is 10.1 Å². The summed E-state index contributed by atoms with van der Waals surface area (Å²) in [6.07, 6.45) is 2.14. The summed E-state index contributed by atoms with van der Waals surface area (Å²) < 4.78 is 4.99. The molecular formula is C24H49N3O2Y. The molecule has 2 heterocycles. The van der Waals surface area contributed by atoms with Crippen LogP contribution >= 0.6 is 0 Å². The fourth-order valence-electron chi connectivity index (χ4n) is 3.01. The van der Waals surface area contributed by atoms with Gasteiger partial charge in [0.25, 0.3) is 0 Å². The van der Waals surface area contributed by atoms with Crippen molar-refractivity contribution in [3.63, 3.8) is 0 Å². The minimum absolute atomic E-state index is 0. The Morgan fingerprint density at radius 3 is 2.17 bits per heavy atom. The van der Waals surface area contributed by atoms with Crippen molar-refractivity contribution in [1.29, 1.82) is 0 Å². The Hall–Kier alpha value is -0.516. The van der Waals surface area contributed by atoms with Gasteiger partial charge in [0.15, 0.2) is 0 Å². The van der Waals surface area contributed by atoms with Crippen LogP contribution in [0.3, 0.4) is 0 Å². The number of methoxy groups -OCH3 is 1. The van der Waals surface area contributed by atoms with Crippen LogP contribution in [0, 0.1) is 0 Å². The smallest absolute Gasteiger partial charge is 0.237 e. The van der Waals surface area contributed by atoms with E-state index in [0.29, 0.717) is 17.8 Å². The molecule has 0 saturated carbocycles. The van der Waals surface area contributed by atoms with Crippen LogP contribution in [0.15, 0.2) is 18.2 Å². The van der Waals surface area contributed by atoms with Crippen molar-refractivity contribution in [1.82, 2.24) is 15.2 Å². The Labute approximate surface area is 213 Å². The van der Waals surface area contributed by atoms with Gasteiger partial charge in [0.2, 0.25) is 11.8 Å². The molecule has 1 aromatic rings. The minimum atomic E-state index is -0.123. The van der Waals surface area contributed by atoms with Gasteiger partial charge in [-0.15, -0.1) is 0 Å². The summed E-state index contributed by atoms with van der Waals surface area (Å²) in [4.78, 5) is 18.6. The molecule has 1 amide bonds. The number of amides is 1. The van der Waals surface area contributed by atoms with E-state index in [1.54, 1.807) is 7.11 Å². The average Bonchev–Trinajstić information content (AvgIpc) is 3.04. The zero-order valence-corrected chi connectivity index (χ0v) is 21.2.